The maximum atomic E-state index is 5.96. The Morgan fingerprint density at radius 2 is 1.63 bits per heavy atom. The van der Waals surface area contributed by atoms with Crippen LogP contribution in [0.25, 0.3) is 0 Å². The molecule has 3 unspecified atom stereocenters. The molecule has 1 nitrogen and oxygen atoms in total. The maximum absolute atomic E-state index is 5.96. The molecule has 19 heavy (non-hydrogen) atoms. The Kier molecular flexibility index (Phi) is 5.74. The van der Waals surface area contributed by atoms with Gasteiger partial charge in [0.05, 0.1) is 12.2 Å². The summed E-state index contributed by atoms with van der Waals surface area (Å²) < 4.78 is 5.96. The van der Waals surface area contributed by atoms with Gasteiger partial charge < -0.3 is 4.74 Å². The molecule has 0 aromatic heterocycles. The maximum Gasteiger partial charge on any atom is 0.0578 e. The average Bonchev–Trinajstić information content (AvgIpc) is 2.78. The second-order valence-electron chi connectivity index (χ2n) is 7.72. The molecule has 0 saturated heterocycles. The van der Waals surface area contributed by atoms with Crippen LogP contribution in [-0.4, -0.2) is 12.2 Å². The van der Waals surface area contributed by atoms with Gasteiger partial charge in [-0.3, -0.25) is 0 Å². The van der Waals surface area contributed by atoms with E-state index in [0.29, 0.717) is 12.2 Å². The van der Waals surface area contributed by atoms with Gasteiger partial charge in [0.2, 0.25) is 0 Å². The third-order valence-corrected chi connectivity index (χ3v) is 5.50. The molecule has 0 radical (unpaired) electrons. The van der Waals surface area contributed by atoms with Crippen LogP contribution in [0.5, 0.6) is 0 Å². The summed E-state index contributed by atoms with van der Waals surface area (Å²) in [5.41, 5.74) is 0. The molecule has 0 aromatic carbocycles. The molecule has 2 rings (SSSR count). The zero-order chi connectivity index (χ0) is 13.8. The van der Waals surface area contributed by atoms with Crippen molar-refractivity contribution in [3.63, 3.8) is 0 Å². The van der Waals surface area contributed by atoms with Crippen molar-refractivity contribution in [1.82, 2.24) is 0 Å². The summed E-state index contributed by atoms with van der Waals surface area (Å²) in [5, 5.41) is 0. The minimum Gasteiger partial charge on any atom is -0.376 e. The van der Waals surface area contributed by atoms with Crippen molar-refractivity contribution in [3.8, 4) is 0 Å². The molecule has 0 heterocycles. The van der Waals surface area contributed by atoms with E-state index < -0.39 is 0 Å². The molecule has 0 aromatic rings. The van der Waals surface area contributed by atoms with Crippen molar-refractivity contribution in [2.24, 2.45) is 23.7 Å². The van der Waals surface area contributed by atoms with Gasteiger partial charge in [0.1, 0.15) is 0 Å². The van der Waals surface area contributed by atoms with Crippen molar-refractivity contribution in [1.29, 1.82) is 0 Å². The van der Waals surface area contributed by atoms with Gasteiger partial charge in [-0.25, -0.2) is 0 Å². The lowest BCUT2D eigenvalue weighted by Crippen LogP contribution is -2.26. The smallest absolute Gasteiger partial charge is 0.0578 e. The first-order valence-electron chi connectivity index (χ1n) is 8.70. The third-order valence-electron chi connectivity index (χ3n) is 5.50. The minimum absolute atomic E-state index is 0.403. The van der Waals surface area contributed by atoms with E-state index in [0.717, 1.165) is 23.7 Å². The number of rotatable bonds is 5. The van der Waals surface area contributed by atoms with Gasteiger partial charge in [-0.15, -0.1) is 0 Å². The van der Waals surface area contributed by atoms with E-state index in [9.17, 15) is 0 Å². The lowest BCUT2D eigenvalue weighted by Gasteiger charge is -2.32. The summed E-state index contributed by atoms with van der Waals surface area (Å²) in [6, 6.07) is 0. The summed E-state index contributed by atoms with van der Waals surface area (Å²) in [7, 11) is 0. The van der Waals surface area contributed by atoms with E-state index in [1.165, 1.54) is 51.4 Å². The van der Waals surface area contributed by atoms with Crippen LogP contribution in [0, 0.1) is 23.7 Å². The van der Waals surface area contributed by atoms with Crippen LogP contribution in [-0.2, 0) is 4.74 Å². The Morgan fingerprint density at radius 1 is 0.947 bits per heavy atom. The van der Waals surface area contributed by atoms with Crippen molar-refractivity contribution in [2.45, 2.75) is 91.3 Å². The van der Waals surface area contributed by atoms with Gasteiger partial charge in [0.25, 0.3) is 0 Å². The molecule has 2 aliphatic rings. The van der Waals surface area contributed by atoms with E-state index in [-0.39, 0.29) is 0 Å². The minimum atomic E-state index is 0.403. The molecule has 1 heteroatoms. The fourth-order valence-electron chi connectivity index (χ4n) is 4.37. The highest BCUT2D eigenvalue weighted by atomic mass is 16.5. The Labute approximate surface area is 120 Å². The van der Waals surface area contributed by atoms with Crippen LogP contribution in [0.15, 0.2) is 0 Å². The highest BCUT2D eigenvalue weighted by Gasteiger charge is 2.29. The first-order chi connectivity index (χ1) is 9.04. The van der Waals surface area contributed by atoms with Gasteiger partial charge in [-0.1, -0.05) is 20.3 Å². The summed E-state index contributed by atoms with van der Waals surface area (Å²) in [4.78, 5) is 0. The predicted molar refractivity (Wildman–Crippen MR) is 82.3 cm³/mol. The quantitative estimate of drug-likeness (QED) is 0.644. The molecule has 0 amide bonds. The Bertz CT molecular complexity index is 252. The SMILES string of the molecule is CC1CCC(C(C)CC2CCC(OC(C)C)CC2)C1. The zero-order valence-electron chi connectivity index (χ0n) is 13.5. The Morgan fingerprint density at radius 3 is 2.16 bits per heavy atom. The lowest BCUT2D eigenvalue weighted by molar-refractivity contribution is -0.0217. The fourth-order valence-corrected chi connectivity index (χ4v) is 4.37. The summed E-state index contributed by atoms with van der Waals surface area (Å²) >= 11 is 0. The molecule has 0 aliphatic heterocycles. The molecule has 3 atom stereocenters. The summed E-state index contributed by atoms with van der Waals surface area (Å²) in [5.74, 6) is 3.96. The van der Waals surface area contributed by atoms with Gasteiger partial charge in [0.15, 0.2) is 0 Å². The molecule has 2 aliphatic carbocycles. The topological polar surface area (TPSA) is 9.23 Å². The Hall–Kier alpha value is -0.0400. The molecule has 0 bridgehead atoms. The average molecular weight is 266 g/mol. The second kappa shape index (κ2) is 7.11. The van der Waals surface area contributed by atoms with E-state index in [1.807, 2.05) is 0 Å². The van der Waals surface area contributed by atoms with Crippen molar-refractivity contribution in [2.75, 3.05) is 0 Å². The first kappa shape index (κ1) is 15.4. The van der Waals surface area contributed by atoms with Gasteiger partial charge >= 0.3 is 0 Å². The molecule has 0 N–H and O–H groups in total. The van der Waals surface area contributed by atoms with Crippen LogP contribution >= 0.6 is 0 Å². The van der Waals surface area contributed by atoms with E-state index in [2.05, 4.69) is 27.7 Å². The standard InChI is InChI=1S/C18H34O/c1-13(2)19-18-9-6-16(7-10-18)12-15(4)17-8-5-14(3)11-17/h13-18H,5-12H2,1-4H3. The molecule has 112 valence electrons. The highest BCUT2D eigenvalue weighted by molar-refractivity contribution is 4.81. The summed E-state index contributed by atoms with van der Waals surface area (Å²) in [6.07, 6.45) is 12.3. The molecule has 2 fully saturated rings. The Balaban J connectivity index is 1.67. The largest absolute Gasteiger partial charge is 0.376 e. The van der Waals surface area contributed by atoms with Crippen LogP contribution < -0.4 is 0 Å². The van der Waals surface area contributed by atoms with Crippen molar-refractivity contribution < 1.29 is 4.74 Å². The summed E-state index contributed by atoms with van der Waals surface area (Å²) in [6.45, 7) is 9.27. The third kappa shape index (κ3) is 4.77. The fraction of sp³-hybridized carbons (Fsp3) is 1.00. The zero-order valence-corrected chi connectivity index (χ0v) is 13.5. The molecule has 0 spiro atoms. The van der Waals surface area contributed by atoms with Crippen molar-refractivity contribution >= 4 is 0 Å². The molecular weight excluding hydrogens is 232 g/mol. The normalized spacial score (nSPS) is 37.7. The van der Waals surface area contributed by atoms with Gasteiger partial charge in [-0.05, 0) is 82.5 Å². The predicted octanol–water partition coefficient (Wildman–Crippen LogP) is 5.43. The van der Waals surface area contributed by atoms with Crippen LogP contribution in [0.4, 0.5) is 0 Å². The second-order valence-corrected chi connectivity index (χ2v) is 7.72. The highest BCUT2D eigenvalue weighted by Crippen LogP contribution is 2.40. The number of hydrogen-bond acceptors (Lipinski definition) is 1. The van der Waals surface area contributed by atoms with Crippen LogP contribution in [0.2, 0.25) is 0 Å². The van der Waals surface area contributed by atoms with E-state index in [4.69, 9.17) is 4.74 Å². The molecular formula is C18H34O. The first-order valence-corrected chi connectivity index (χ1v) is 8.70. The van der Waals surface area contributed by atoms with Crippen molar-refractivity contribution in [3.05, 3.63) is 0 Å². The van der Waals surface area contributed by atoms with Gasteiger partial charge in [0, 0.05) is 0 Å². The van der Waals surface area contributed by atoms with Gasteiger partial charge in [-0.2, -0.15) is 0 Å². The number of hydrogen-bond donors (Lipinski definition) is 0. The molecule has 2 saturated carbocycles. The monoisotopic (exact) mass is 266 g/mol. The van der Waals surface area contributed by atoms with E-state index in [1.54, 1.807) is 0 Å². The van der Waals surface area contributed by atoms with E-state index >= 15 is 0 Å². The van der Waals surface area contributed by atoms with Crippen LogP contribution in [0.1, 0.15) is 79.1 Å². The number of ether oxygens (including phenoxy) is 1. The van der Waals surface area contributed by atoms with Crippen LogP contribution in [0.3, 0.4) is 0 Å². The lowest BCUT2D eigenvalue weighted by atomic mass is 9.78.